The minimum Gasteiger partial charge on any atom is -0.369 e. The number of hydrogen-bond acceptors (Lipinski definition) is 4. The molecule has 0 saturated carbocycles. The monoisotopic (exact) mass is 368 g/mol. The van der Waals surface area contributed by atoms with E-state index < -0.39 is 0 Å². The average molecular weight is 369 g/mol. The molecule has 25 heavy (non-hydrogen) atoms. The van der Waals surface area contributed by atoms with Crippen LogP contribution in [0.3, 0.4) is 0 Å². The lowest BCUT2D eigenvalue weighted by molar-refractivity contribution is -0.122. The van der Waals surface area contributed by atoms with Crippen molar-refractivity contribution in [2.45, 2.75) is 38.6 Å². The lowest BCUT2D eigenvalue weighted by Crippen LogP contribution is -2.46. The molecule has 0 bridgehead atoms. The number of piperazine rings is 1. The third-order valence-electron chi connectivity index (χ3n) is 4.63. The largest absolute Gasteiger partial charge is 0.369 e. The van der Waals surface area contributed by atoms with Crippen molar-refractivity contribution in [3.63, 3.8) is 0 Å². The van der Waals surface area contributed by atoms with Crippen molar-refractivity contribution in [1.82, 2.24) is 10.2 Å². The van der Waals surface area contributed by atoms with E-state index in [1.54, 1.807) is 0 Å². The highest BCUT2D eigenvalue weighted by Gasteiger charge is 2.16. The third-order valence-corrected chi connectivity index (χ3v) is 4.63. The first-order valence-corrected chi connectivity index (χ1v) is 9.26. The summed E-state index contributed by atoms with van der Waals surface area (Å²) in [5, 5.41) is 2.94. The third kappa shape index (κ3) is 7.63. The number of nitrogens with one attached hydrogen (secondary N) is 1. The molecule has 0 aliphatic carbocycles. The smallest absolute Gasteiger partial charge is 0.236 e. The first-order chi connectivity index (χ1) is 11.7. The molecule has 1 aliphatic heterocycles. The van der Waals surface area contributed by atoms with Crippen LogP contribution in [0.5, 0.6) is 0 Å². The second kappa shape index (κ2) is 12.1. The Morgan fingerprint density at radius 1 is 1.16 bits per heavy atom. The lowest BCUT2D eigenvalue weighted by atomic mass is 10.1. The molecule has 1 aliphatic rings. The maximum absolute atomic E-state index is 11.7. The van der Waals surface area contributed by atoms with Gasteiger partial charge in [0.1, 0.15) is 0 Å². The molecule has 1 unspecified atom stereocenters. The van der Waals surface area contributed by atoms with Gasteiger partial charge in [-0.05, 0) is 37.9 Å². The Balaban J connectivity index is 0.00000312. The van der Waals surface area contributed by atoms with Gasteiger partial charge in [0.25, 0.3) is 0 Å². The van der Waals surface area contributed by atoms with Crippen molar-refractivity contribution in [3.05, 3.63) is 30.3 Å². The summed E-state index contributed by atoms with van der Waals surface area (Å²) in [4.78, 5) is 16.7. The molecular formula is C19H33ClN4O. The SMILES string of the molecule is CCCC(N)C(=O)NCCCCN1CCN(c2ccccc2)CC1.Cl. The first-order valence-electron chi connectivity index (χ1n) is 9.26. The minimum atomic E-state index is -0.346. The molecule has 142 valence electrons. The van der Waals surface area contributed by atoms with Gasteiger partial charge in [0.05, 0.1) is 6.04 Å². The van der Waals surface area contributed by atoms with Crippen molar-refractivity contribution in [2.24, 2.45) is 5.73 Å². The summed E-state index contributed by atoms with van der Waals surface area (Å²) in [5.74, 6) is -0.00618. The van der Waals surface area contributed by atoms with Crippen molar-refractivity contribution in [2.75, 3.05) is 44.2 Å². The van der Waals surface area contributed by atoms with Gasteiger partial charge < -0.3 is 16.0 Å². The molecule has 2 rings (SSSR count). The zero-order valence-corrected chi connectivity index (χ0v) is 16.1. The van der Waals surface area contributed by atoms with Crippen LogP contribution in [-0.2, 0) is 4.79 Å². The van der Waals surface area contributed by atoms with Gasteiger partial charge in [-0.1, -0.05) is 31.5 Å². The molecule has 0 radical (unpaired) electrons. The number of carbonyl (C=O) groups is 1. The summed E-state index contributed by atoms with van der Waals surface area (Å²) in [7, 11) is 0. The fraction of sp³-hybridized carbons (Fsp3) is 0.632. The van der Waals surface area contributed by atoms with Crippen LogP contribution in [0.25, 0.3) is 0 Å². The van der Waals surface area contributed by atoms with Gasteiger partial charge in [0.2, 0.25) is 5.91 Å². The Morgan fingerprint density at radius 2 is 1.84 bits per heavy atom. The highest BCUT2D eigenvalue weighted by Crippen LogP contribution is 2.15. The fourth-order valence-corrected chi connectivity index (χ4v) is 3.11. The van der Waals surface area contributed by atoms with Crippen LogP contribution in [0, 0.1) is 0 Å². The Bertz CT molecular complexity index is 478. The van der Waals surface area contributed by atoms with Crippen LogP contribution in [0.1, 0.15) is 32.6 Å². The van der Waals surface area contributed by atoms with Crippen molar-refractivity contribution in [1.29, 1.82) is 0 Å². The molecule has 1 amide bonds. The number of rotatable bonds is 9. The Morgan fingerprint density at radius 3 is 2.48 bits per heavy atom. The topological polar surface area (TPSA) is 61.6 Å². The Labute approximate surface area is 158 Å². The first kappa shape index (κ1) is 21.7. The second-order valence-corrected chi connectivity index (χ2v) is 6.56. The summed E-state index contributed by atoms with van der Waals surface area (Å²) >= 11 is 0. The zero-order valence-electron chi connectivity index (χ0n) is 15.3. The van der Waals surface area contributed by atoms with Gasteiger partial charge in [-0.15, -0.1) is 12.4 Å². The van der Waals surface area contributed by atoms with E-state index in [9.17, 15) is 4.79 Å². The zero-order chi connectivity index (χ0) is 17.2. The highest BCUT2D eigenvalue weighted by atomic mass is 35.5. The van der Waals surface area contributed by atoms with Crippen LogP contribution >= 0.6 is 12.4 Å². The average Bonchev–Trinajstić information content (AvgIpc) is 2.62. The van der Waals surface area contributed by atoms with Gasteiger partial charge in [-0.25, -0.2) is 0 Å². The number of para-hydroxylation sites is 1. The van der Waals surface area contributed by atoms with Crippen LogP contribution in [0.15, 0.2) is 30.3 Å². The van der Waals surface area contributed by atoms with E-state index in [2.05, 4.69) is 45.4 Å². The molecule has 1 saturated heterocycles. The normalized spacial score (nSPS) is 16.2. The van der Waals surface area contributed by atoms with Crippen LogP contribution in [0.4, 0.5) is 5.69 Å². The highest BCUT2D eigenvalue weighted by molar-refractivity contribution is 5.85. The molecule has 5 nitrogen and oxygen atoms in total. The summed E-state index contributed by atoms with van der Waals surface area (Å²) in [6.45, 7) is 8.30. The number of nitrogens with two attached hydrogens (primary N) is 1. The van der Waals surface area contributed by atoms with Crippen molar-refractivity contribution >= 4 is 24.0 Å². The molecule has 1 aromatic rings. The maximum atomic E-state index is 11.7. The van der Waals surface area contributed by atoms with Gasteiger partial charge in [0.15, 0.2) is 0 Å². The van der Waals surface area contributed by atoms with Gasteiger partial charge in [-0.2, -0.15) is 0 Å². The van der Waals surface area contributed by atoms with Crippen molar-refractivity contribution < 1.29 is 4.79 Å². The quantitative estimate of drug-likeness (QED) is 0.656. The summed E-state index contributed by atoms with van der Waals surface area (Å²) < 4.78 is 0. The van der Waals surface area contributed by atoms with E-state index in [0.717, 1.165) is 65.0 Å². The number of nitrogens with zero attached hydrogens (tertiary/aromatic N) is 2. The number of benzene rings is 1. The van der Waals surface area contributed by atoms with E-state index in [1.165, 1.54) is 5.69 Å². The van der Waals surface area contributed by atoms with Crippen LogP contribution in [-0.4, -0.2) is 56.1 Å². The van der Waals surface area contributed by atoms with Crippen LogP contribution in [0.2, 0.25) is 0 Å². The number of halogens is 1. The van der Waals surface area contributed by atoms with E-state index >= 15 is 0 Å². The van der Waals surface area contributed by atoms with E-state index in [4.69, 9.17) is 5.73 Å². The molecule has 1 heterocycles. The number of amides is 1. The summed E-state index contributed by atoms with van der Waals surface area (Å²) in [5.41, 5.74) is 7.12. The molecule has 1 fully saturated rings. The number of hydrogen-bond donors (Lipinski definition) is 2. The van der Waals surface area contributed by atoms with Crippen LogP contribution < -0.4 is 16.0 Å². The van der Waals surface area contributed by atoms with Gasteiger partial charge in [-0.3, -0.25) is 9.69 Å². The van der Waals surface area contributed by atoms with E-state index in [1.807, 2.05) is 6.92 Å². The molecule has 3 N–H and O–H groups in total. The fourth-order valence-electron chi connectivity index (χ4n) is 3.11. The molecular weight excluding hydrogens is 336 g/mol. The predicted molar refractivity (Wildman–Crippen MR) is 107 cm³/mol. The number of anilines is 1. The standard InChI is InChI=1S/C19H32N4O.ClH/c1-2-8-18(20)19(24)21-11-6-7-12-22-13-15-23(16-14-22)17-9-4-3-5-10-17;/h3-5,9-10,18H,2,6-8,11-16,20H2,1H3,(H,21,24);1H. The van der Waals surface area contributed by atoms with E-state index in [0.29, 0.717) is 0 Å². The van der Waals surface area contributed by atoms with Gasteiger partial charge in [0, 0.05) is 38.4 Å². The Hall–Kier alpha value is -1.30. The summed E-state index contributed by atoms with van der Waals surface area (Å²) in [6, 6.07) is 10.3. The molecule has 1 aromatic carbocycles. The molecule has 0 aromatic heterocycles. The lowest BCUT2D eigenvalue weighted by Gasteiger charge is -2.36. The number of unbranched alkanes of at least 4 members (excludes halogenated alkanes) is 1. The Kier molecular flexibility index (Phi) is 10.5. The predicted octanol–water partition coefficient (Wildman–Crippen LogP) is 2.25. The molecule has 0 spiro atoms. The maximum Gasteiger partial charge on any atom is 0.236 e. The number of carbonyl (C=O) groups excluding carboxylic acids is 1. The molecule has 1 atom stereocenters. The van der Waals surface area contributed by atoms with Gasteiger partial charge >= 0.3 is 0 Å². The minimum absolute atomic E-state index is 0. The van der Waals surface area contributed by atoms with E-state index in [-0.39, 0.29) is 24.4 Å². The molecule has 6 heteroatoms. The van der Waals surface area contributed by atoms with Crippen molar-refractivity contribution in [3.8, 4) is 0 Å². The summed E-state index contributed by atoms with van der Waals surface area (Å²) in [6.07, 6.45) is 3.85. The second-order valence-electron chi connectivity index (χ2n) is 6.56.